The van der Waals surface area contributed by atoms with Gasteiger partial charge < -0.3 is 15.4 Å². The van der Waals surface area contributed by atoms with Crippen molar-refractivity contribution in [2.24, 2.45) is 5.92 Å². The Morgan fingerprint density at radius 2 is 2.16 bits per heavy atom. The molecule has 0 saturated carbocycles. The zero-order valence-corrected chi connectivity index (χ0v) is 11.3. The molecule has 0 radical (unpaired) electrons. The minimum Gasteiger partial charge on any atom is -0.381 e. The second kappa shape index (κ2) is 6.47. The van der Waals surface area contributed by atoms with Gasteiger partial charge in [0, 0.05) is 26.3 Å². The predicted octanol–water partition coefficient (Wildman–Crippen LogP) is 1.06. The van der Waals surface area contributed by atoms with Gasteiger partial charge in [-0.2, -0.15) is 0 Å². The highest BCUT2D eigenvalue weighted by Gasteiger charge is 2.22. The van der Waals surface area contributed by atoms with Crippen LogP contribution >= 0.6 is 0 Å². The number of nitrogens with zero attached hydrogens (tertiary/aromatic N) is 2. The maximum Gasteiger partial charge on any atom is 0.271 e. The third kappa shape index (κ3) is 3.64. The van der Waals surface area contributed by atoms with Crippen LogP contribution in [-0.2, 0) is 4.74 Å². The Hall–Kier alpha value is -1.69. The summed E-state index contributed by atoms with van der Waals surface area (Å²) < 4.78 is 5.33. The van der Waals surface area contributed by atoms with Crippen molar-refractivity contribution in [1.29, 1.82) is 0 Å². The van der Waals surface area contributed by atoms with E-state index in [0.717, 1.165) is 26.1 Å². The molecule has 0 aliphatic carbocycles. The standard InChI is InChI=1S/C13H20N4O2/c1-9(10-3-5-19-6-4-10)16-13(18)11-7-15-8-12(14-2)17-11/h7-10H,3-6H2,1-2H3,(H,14,17)(H,16,18). The van der Waals surface area contributed by atoms with Crippen LogP contribution in [0.25, 0.3) is 0 Å². The lowest BCUT2D eigenvalue weighted by Gasteiger charge is -2.28. The normalized spacial score (nSPS) is 17.8. The van der Waals surface area contributed by atoms with Crippen LogP contribution in [0.5, 0.6) is 0 Å². The molecule has 1 amide bonds. The highest BCUT2D eigenvalue weighted by atomic mass is 16.5. The van der Waals surface area contributed by atoms with Crippen molar-refractivity contribution >= 4 is 11.7 Å². The number of carbonyl (C=O) groups excluding carboxylic acids is 1. The van der Waals surface area contributed by atoms with E-state index >= 15 is 0 Å². The van der Waals surface area contributed by atoms with E-state index < -0.39 is 0 Å². The summed E-state index contributed by atoms with van der Waals surface area (Å²) in [7, 11) is 1.75. The number of amides is 1. The topological polar surface area (TPSA) is 76.1 Å². The van der Waals surface area contributed by atoms with E-state index in [1.165, 1.54) is 6.20 Å². The number of aromatic nitrogens is 2. The molecule has 1 atom stereocenters. The zero-order chi connectivity index (χ0) is 13.7. The van der Waals surface area contributed by atoms with Gasteiger partial charge in [0.15, 0.2) is 0 Å². The molecule has 6 heteroatoms. The highest BCUT2D eigenvalue weighted by molar-refractivity contribution is 5.92. The molecule has 0 bridgehead atoms. The minimum atomic E-state index is -0.177. The van der Waals surface area contributed by atoms with Gasteiger partial charge in [0.1, 0.15) is 11.5 Å². The van der Waals surface area contributed by atoms with E-state index in [4.69, 9.17) is 4.74 Å². The monoisotopic (exact) mass is 264 g/mol. The van der Waals surface area contributed by atoms with Crippen LogP contribution in [0.3, 0.4) is 0 Å². The average molecular weight is 264 g/mol. The van der Waals surface area contributed by atoms with Gasteiger partial charge in [0.05, 0.1) is 12.4 Å². The Bertz CT molecular complexity index is 432. The molecule has 1 aromatic heterocycles. The summed E-state index contributed by atoms with van der Waals surface area (Å²) in [6.07, 6.45) is 5.04. The summed E-state index contributed by atoms with van der Waals surface area (Å²) in [5.74, 6) is 0.883. The van der Waals surface area contributed by atoms with Crippen molar-refractivity contribution in [1.82, 2.24) is 15.3 Å². The molecule has 1 aliphatic heterocycles. The largest absolute Gasteiger partial charge is 0.381 e. The Labute approximate surface area is 113 Å². The fourth-order valence-corrected chi connectivity index (χ4v) is 2.21. The molecule has 2 N–H and O–H groups in total. The molecule has 0 aromatic carbocycles. The summed E-state index contributed by atoms with van der Waals surface area (Å²) in [5.41, 5.74) is 0.339. The summed E-state index contributed by atoms with van der Waals surface area (Å²) >= 11 is 0. The van der Waals surface area contributed by atoms with Crippen LogP contribution < -0.4 is 10.6 Å². The molecule has 1 fully saturated rings. The molecule has 6 nitrogen and oxygen atoms in total. The maximum absolute atomic E-state index is 12.1. The van der Waals surface area contributed by atoms with Crippen LogP contribution in [0.4, 0.5) is 5.82 Å². The van der Waals surface area contributed by atoms with E-state index in [1.807, 2.05) is 6.92 Å². The number of hydrogen-bond donors (Lipinski definition) is 2. The van der Waals surface area contributed by atoms with Crippen LogP contribution in [0.1, 0.15) is 30.3 Å². The molecule has 2 rings (SSSR count). The first-order valence-corrected chi connectivity index (χ1v) is 6.59. The van der Waals surface area contributed by atoms with Crippen LogP contribution in [0.2, 0.25) is 0 Å². The lowest BCUT2D eigenvalue weighted by Crippen LogP contribution is -2.40. The molecule has 19 heavy (non-hydrogen) atoms. The Balaban J connectivity index is 1.95. The minimum absolute atomic E-state index is 0.122. The maximum atomic E-state index is 12.1. The fraction of sp³-hybridized carbons (Fsp3) is 0.615. The van der Waals surface area contributed by atoms with E-state index in [1.54, 1.807) is 13.2 Å². The number of ether oxygens (including phenoxy) is 1. The molecular weight excluding hydrogens is 244 g/mol. The summed E-state index contributed by atoms with van der Waals surface area (Å²) in [4.78, 5) is 20.3. The van der Waals surface area contributed by atoms with Gasteiger partial charge in [0.2, 0.25) is 0 Å². The van der Waals surface area contributed by atoms with Crippen molar-refractivity contribution < 1.29 is 9.53 Å². The van der Waals surface area contributed by atoms with Gasteiger partial charge in [-0.15, -0.1) is 0 Å². The number of rotatable bonds is 4. The molecule has 0 spiro atoms. The van der Waals surface area contributed by atoms with Gasteiger partial charge in [-0.3, -0.25) is 9.78 Å². The van der Waals surface area contributed by atoms with E-state index in [9.17, 15) is 4.79 Å². The lowest BCUT2D eigenvalue weighted by molar-refractivity contribution is 0.0537. The van der Waals surface area contributed by atoms with Gasteiger partial charge in [-0.25, -0.2) is 4.98 Å². The highest BCUT2D eigenvalue weighted by Crippen LogP contribution is 2.18. The molecule has 1 unspecified atom stereocenters. The number of nitrogens with one attached hydrogen (secondary N) is 2. The van der Waals surface area contributed by atoms with Crippen molar-refractivity contribution in [2.75, 3.05) is 25.6 Å². The van der Waals surface area contributed by atoms with Gasteiger partial charge in [0.25, 0.3) is 5.91 Å². The second-order valence-electron chi connectivity index (χ2n) is 4.75. The molecule has 1 aromatic rings. The third-order valence-electron chi connectivity index (χ3n) is 3.46. The molecular formula is C13H20N4O2. The Kier molecular flexibility index (Phi) is 4.68. The third-order valence-corrected chi connectivity index (χ3v) is 3.46. The predicted molar refractivity (Wildman–Crippen MR) is 72.0 cm³/mol. The van der Waals surface area contributed by atoms with Crippen LogP contribution in [0.15, 0.2) is 12.4 Å². The van der Waals surface area contributed by atoms with Gasteiger partial charge >= 0.3 is 0 Å². The van der Waals surface area contributed by atoms with E-state index in [2.05, 4.69) is 20.6 Å². The van der Waals surface area contributed by atoms with Gasteiger partial charge in [-0.1, -0.05) is 0 Å². The fourth-order valence-electron chi connectivity index (χ4n) is 2.21. The summed E-state index contributed by atoms with van der Waals surface area (Å²) in [5, 5.41) is 5.86. The van der Waals surface area contributed by atoms with Crippen molar-refractivity contribution in [2.45, 2.75) is 25.8 Å². The Morgan fingerprint density at radius 3 is 2.84 bits per heavy atom. The quantitative estimate of drug-likeness (QED) is 0.850. The smallest absolute Gasteiger partial charge is 0.271 e. The van der Waals surface area contributed by atoms with Gasteiger partial charge in [-0.05, 0) is 25.7 Å². The van der Waals surface area contributed by atoms with E-state index in [0.29, 0.717) is 17.4 Å². The molecule has 104 valence electrons. The zero-order valence-electron chi connectivity index (χ0n) is 11.3. The van der Waals surface area contributed by atoms with Crippen LogP contribution in [-0.4, -0.2) is 42.2 Å². The molecule has 1 saturated heterocycles. The second-order valence-corrected chi connectivity index (χ2v) is 4.75. The van der Waals surface area contributed by atoms with Crippen LogP contribution in [0, 0.1) is 5.92 Å². The average Bonchev–Trinajstić information content (AvgIpc) is 2.48. The summed E-state index contributed by atoms with van der Waals surface area (Å²) in [6, 6.07) is 0.122. The summed E-state index contributed by atoms with van der Waals surface area (Å²) in [6.45, 7) is 3.59. The first-order valence-electron chi connectivity index (χ1n) is 6.59. The number of carbonyl (C=O) groups is 1. The lowest BCUT2D eigenvalue weighted by atomic mass is 9.93. The van der Waals surface area contributed by atoms with Crippen molar-refractivity contribution in [3.63, 3.8) is 0 Å². The molecule has 2 heterocycles. The van der Waals surface area contributed by atoms with E-state index in [-0.39, 0.29) is 11.9 Å². The van der Waals surface area contributed by atoms with Crippen molar-refractivity contribution in [3.05, 3.63) is 18.1 Å². The van der Waals surface area contributed by atoms with Crippen molar-refractivity contribution in [3.8, 4) is 0 Å². The Morgan fingerprint density at radius 1 is 1.42 bits per heavy atom. The number of anilines is 1. The number of hydrogen-bond acceptors (Lipinski definition) is 5. The first-order chi connectivity index (χ1) is 9.20. The molecule has 1 aliphatic rings. The SMILES string of the molecule is CNc1cncc(C(=O)NC(C)C2CCOCC2)n1. The first kappa shape index (κ1) is 13.7.